The molecule has 1 saturated heterocycles. The van der Waals surface area contributed by atoms with Crippen LogP contribution in [0.2, 0.25) is 0 Å². The maximum atomic E-state index is 12.8. The number of hydrogen-bond acceptors (Lipinski definition) is 4. The summed E-state index contributed by atoms with van der Waals surface area (Å²) in [7, 11) is 0. The van der Waals surface area contributed by atoms with Crippen LogP contribution in [0.1, 0.15) is 6.92 Å². The first kappa shape index (κ1) is 9.54. The Morgan fingerprint density at radius 2 is 2.33 bits per heavy atom. The molecule has 0 radical (unpaired) electrons. The number of rotatable bonds is 2. The normalized spacial score (nSPS) is 39.1. The molecule has 0 bridgehead atoms. The maximum Gasteiger partial charge on any atom is 0.126 e. The zero-order valence-corrected chi connectivity index (χ0v) is 6.90. The van der Waals surface area contributed by atoms with Crippen molar-refractivity contribution >= 4 is 0 Å². The molecule has 1 heterocycles. The zero-order chi connectivity index (χ0) is 9.14. The summed E-state index contributed by atoms with van der Waals surface area (Å²) in [6.45, 7) is 2.10. The van der Waals surface area contributed by atoms with Crippen LogP contribution in [-0.2, 0) is 0 Å². The van der Waals surface area contributed by atoms with Crippen LogP contribution in [0.3, 0.4) is 0 Å². The molecule has 1 aliphatic heterocycles. The summed E-state index contributed by atoms with van der Waals surface area (Å²) >= 11 is 0. The van der Waals surface area contributed by atoms with Crippen molar-refractivity contribution in [3.05, 3.63) is 4.91 Å². The molecule has 1 rings (SSSR count). The molecule has 1 fully saturated rings. The van der Waals surface area contributed by atoms with Gasteiger partial charge in [-0.1, -0.05) is 5.18 Å². The van der Waals surface area contributed by atoms with Crippen LogP contribution in [0.25, 0.3) is 0 Å². The SMILES string of the molecule is C[C@H](F)[C@H]1CNC[C@@H](O)[C@@H]1N=O. The second-order valence-corrected chi connectivity index (χ2v) is 3.16. The molecule has 0 aromatic heterocycles. The highest BCUT2D eigenvalue weighted by Crippen LogP contribution is 2.20. The Kier molecular flexibility index (Phi) is 3.11. The standard InChI is InChI=1S/C7H13FN2O2/c1-4(8)5-2-9-3-6(11)7(5)10-12/h4-7,9,11H,2-3H2,1H3/t4-,5+,6+,7+/m0/s1. The van der Waals surface area contributed by atoms with Gasteiger partial charge in [-0.3, -0.25) is 0 Å². The Balaban J connectivity index is 2.63. The van der Waals surface area contributed by atoms with E-state index in [0.29, 0.717) is 13.1 Å². The first-order valence-corrected chi connectivity index (χ1v) is 4.02. The molecule has 0 spiro atoms. The van der Waals surface area contributed by atoms with Gasteiger partial charge in [-0.05, 0) is 6.92 Å². The molecule has 4 atom stereocenters. The molecule has 0 aliphatic carbocycles. The minimum Gasteiger partial charge on any atom is -0.389 e. The summed E-state index contributed by atoms with van der Waals surface area (Å²) in [5, 5.41) is 14.9. The highest BCUT2D eigenvalue weighted by atomic mass is 19.1. The van der Waals surface area contributed by atoms with Crippen LogP contribution >= 0.6 is 0 Å². The lowest BCUT2D eigenvalue weighted by molar-refractivity contribution is 0.0603. The summed E-state index contributed by atoms with van der Waals surface area (Å²) < 4.78 is 12.8. The lowest BCUT2D eigenvalue weighted by atomic mass is 9.89. The quantitative estimate of drug-likeness (QED) is 0.585. The number of aliphatic hydroxyl groups is 1. The van der Waals surface area contributed by atoms with E-state index in [1.54, 1.807) is 0 Å². The molecular weight excluding hydrogens is 163 g/mol. The predicted molar refractivity (Wildman–Crippen MR) is 42.5 cm³/mol. The van der Waals surface area contributed by atoms with Crippen molar-refractivity contribution in [2.24, 2.45) is 11.1 Å². The molecule has 5 heteroatoms. The molecule has 0 aromatic carbocycles. The van der Waals surface area contributed by atoms with E-state index < -0.39 is 24.2 Å². The summed E-state index contributed by atoms with van der Waals surface area (Å²) in [6.07, 6.45) is -1.96. The van der Waals surface area contributed by atoms with Crippen molar-refractivity contribution in [1.29, 1.82) is 0 Å². The van der Waals surface area contributed by atoms with Gasteiger partial charge in [0.2, 0.25) is 0 Å². The average Bonchev–Trinajstić information content (AvgIpc) is 2.03. The van der Waals surface area contributed by atoms with Gasteiger partial charge >= 0.3 is 0 Å². The number of aliphatic hydroxyl groups excluding tert-OH is 1. The van der Waals surface area contributed by atoms with Crippen molar-refractivity contribution in [3.63, 3.8) is 0 Å². The van der Waals surface area contributed by atoms with E-state index in [9.17, 15) is 14.4 Å². The smallest absolute Gasteiger partial charge is 0.126 e. The molecule has 12 heavy (non-hydrogen) atoms. The van der Waals surface area contributed by atoms with Crippen LogP contribution in [-0.4, -0.2) is 36.5 Å². The molecule has 0 aromatic rings. The minimum atomic E-state index is -1.12. The van der Waals surface area contributed by atoms with Crippen LogP contribution in [0, 0.1) is 10.8 Å². The first-order chi connectivity index (χ1) is 5.66. The van der Waals surface area contributed by atoms with Crippen LogP contribution in [0.4, 0.5) is 4.39 Å². The van der Waals surface area contributed by atoms with Crippen molar-refractivity contribution in [1.82, 2.24) is 5.32 Å². The fourth-order valence-corrected chi connectivity index (χ4v) is 1.51. The lowest BCUT2D eigenvalue weighted by Crippen LogP contribution is -2.51. The maximum absolute atomic E-state index is 12.8. The number of halogens is 1. The Bertz CT molecular complexity index is 165. The van der Waals surface area contributed by atoms with Crippen molar-refractivity contribution in [2.45, 2.75) is 25.2 Å². The van der Waals surface area contributed by atoms with Gasteiger partial charge < -0.3 is 10.4 Å². The van der Waals surface area contributed by atoms with Gasteiger partial charge in [0.15, 0.2) is 0 Å². The van der Waals surface area contributed by atoms with Gasteiger partial charge in [-0.2, -0.15) is 4.91 Å². The highest BCUT2D eigenvalue weighted by molar-refractivity contribution is 4.92. The van der Waals surface area contributed by atoms with Crippen LogP contribution < -0.4 is 5.32 Å². The second kappa shape index (κ2) is 3.91. The average molecular weight is 176 g/mol. The Morgan fingerprint density at radius 1 is 1.67 bits per heavy atom. The van der Waals surface area contributed by atoms with Crippen LogP contribution in [0.5, 0.6) is 0 Å². The van der Waals surface area contributed by atoms with Crippen molar-refractivity contribution < 1.29 is 9.50 Å². The minimum absolute atomic E-state index is 0.319. The van der Waals surface area contributed by atoms with Gasteiger partial charge in [0.1, 0.15) is 12.2 Å². The molecule has 70 valence electrons. The van der Waals surface area contributed by atoms with E-state index >= 15 is 0 Å². The number of piperidine rings is 1. The zero-order valence-electron chi connectivity index (χ0n) is 6.90. The predicted octanol–water partition coefficient (Wildman–Crippen LogP) is 0.0597. The number of hydrogen-bond donors (Lipinski definition) is 2. The number of β-amino-alcohol motifs (C(OH)–C–C–N with tert-alkyl or cyclic N) is 1. The van der Waals surface area contributed by atoms with E-state index in [-0.39, 0.29) is 0 Å². The molecular formula is C7H13FN2O2. The fraction of sp³-hybridized carbons (Fsp3) is 1.00. The summed E-state index contributed by atoms with van der Waals surface area (Å²) in [5.41, 5.74) is 0. The fourth-order valence-electron chi connectivity index (χ4n) is 1.51. The van der Waals surface area contributed by atoms with E-state index in [0.717, 1.165) is 0 Å². The lowest BCUT2D eigenvalue weighted by Gasteiger charge is -2.32. The van der Waals surface area contributed by atoms with Crippen LogP contribution in [0.15, 0.2) is 5.18 Å². The van der Waals surface area contributed by atoms with E-state index in [1.165, 1.54) is 6.92 Å². The highest BCUT2D eigenvalue weighted by Gasteiger charge is 2.36. The van der Waals surface area contributed by atoms with E-state index in [1.807, 2.05) is 0 Å². The van der Waals surface area contributed by atoms with Gasteiger partial charge in [0.05, 0.1) is 6.10 Å². The monoisotopic (exact) mass is 176 g/mol. The number of nitrogens with one attached hydrogen (secondary N) is 1. The van der Waals surface area contributed by atoms with Crippen molar-refractivity contribution in [2.75, 3.05) is 13.1 Å². The third-order valence-electron chi connectivity index (χ3n) is 2.28. The molecule has 1 aliphatic rings. The van der Waals surface area contributed by atoms with Gasteiger partial charge in [-0.15, -0.1) is 0 Å². The largest absolute Gasteiger partial charge is 0.389 e. The molecule has 0 unspecified atom stereocenters. The Labute approximate surface area is 70.1 Å². The Morgan fingerprint density at radius 3 is 2.75 bits per heavy atom. The number of alkyl halides is 1. The topological polar surface area (TPSA) is 61.7 Å². The third kappa shape index (κ3) is 1.78. The number of nitrogens with zero attached hydrogens (tertiary/aromatic N) is 1. The third-order valence-corrected chi connectivity index (χ3v) is 2.28. The van der Waals surface area contributed by atoms with Gasteiger partial charge in [-0.25, -0.2) is 4.39 Å². The molecule has 0 saturated carbocycles. The molecule has 0 amide bonds. The molecule has 4 nitrogen and oxygen atoms in total. The molecule has 2 N–H and O–H groups in total. The van der Waals surface area contributed by atoms with E-state index in [2.05, 4.69) is 10.5 Å². The van der Waals surface area contributed by atoms with E-state index in [4.69, 9.17) is 0 Å². The summed E-state index contributed by atoms with van der Waals surface area (Å²) in [5.74, 6) is -0.494. The second-order valence-electron chi connectivity index (χ2n) is 3.16. The Hall–Kier alpha value is -0.550. The van der Waals surface area contributed by atoms with Crippen molar-refractivity contribution in [3.8, 4) is 0 Å². The number of nitroso groups, excluding NO2 is 1. The first-order valence-electron chi connectivity index (χ1n) is 4.02. The van der Waals surface area contributed by atoms with Gasteiger partial charge in [0, 0.05) is 19.0 Å². The summed E-state index contributed by atoms with van der Waals surface area (Å²) in [6, 6.07) is -0.800. The van der Waals surface area contributed by atoms with Gasteiger partial charge in [0.25, 0.3) is 0 Å². The summed E-state index contributed by atoms with van der Waals surface area (Å²) in [4.78, 5) is 10.3.